The zero-order valence-corrected chi connectivity index (χ0v) is 19.6. The second-order valence-electron chi connectivity index (χ2n) is 7.70. The molecule has 1 unspecified atom stereocenters. The van der Waals surface area contributed by atoms with Gasteiger partial charge in [-0.3, -0.25) is 4.90 Å². The number of nitrogens with zero attached hydrogens (tertiary/aromatic N) is 2. The molecule has 6 heteroatoms. The fourth-order valence-corrected chi connectivity index (χ4v) is 3.86. The number of nitrogens with one attached hydrogen (secondary N) is 2. The third-order valence-electron chi connectivity index (χ3n) is 5.42. The molecule has 2 aliphatic heterocycles. The van der Waals surface area contributed by atoms with Crippen molar-refractivity contribution in [1.82, 2.24) is 15.5 Å². The minimum atomic E-state index is 0. The molecule has 0 radical (unpaired) electrons. The Morgan fingerprint density at radius 1 is 1.07 bits per heavy atom. The van der Waals surface area contributed by atoms with E-state index in [1.807, 2.05) is 0 Å². The third kappa shape index (κ3) is 8.25. The molecule has 0 saturated carbocycles. The van der Waals surface area contributed by atoms with E-state index in [0.717, 1.165) is 38.6 Å². The Kier molecular flexibility index (Phi) is 11.2. The van der Waals surface area contributed by atoms with Gasteiger partial charge in [-0.15, -0.1) is 24.0 Å². The van der Waals surface area contributed by atoms with Crippen molar-refractivity contribution in [3.63, 3.8) is 0 Å². The monoisotopic (exact) mass is 500 g/mol. The van der Waals surface area contributed by atoms with E-state index < -0.39 is 0 Å². The minimum absolute atomic E-state index is 0. The van der Waals surface area contributed by atoms with Crippen LogP contribution in [0.1, 0.15) is 56.6 Å². The minimum Gasteiger partial charge on any atom is -0.378 e. The molecular weight excluding hydrogens is 463 g/mol. The lowest BCUT2D eigenvalue weighted by atomic mass is 10.1. The van der Waals surface area contributed by atoms with Crippen LogP contribution < -0.4 is 10.6 Å². The lowest BCUT2D eigenvalue weighted by Crippen LogP contribution is -2.38. The molecule has 0 amide bonds. The molecule has 3 rings (SSSR count). The summed E-state index contributed by atoms with van der Waals surface area (Å²) in [5.41, 5.74) is 2.67. The van der Waals surface area contributed by atoms with Gasteiger partial charge in [0.15, 0.2) is 5.96 Å². The molecule has 0 bridgehead atoms. The summed E-state index contributed by atoms with van der Waals surface area (Å²) in [6.45, 7) is 9.09. The summed E-state index contributed by atoms with van der Waals surface area (Å²) in [6, 6.07) is 8.96. The predicted molar refractivity (Wildman–Crippen MR) is 127 cm³/mol. The first-order valence-electron chi connectivity index (χ1n) is 10.8. The molecule has 2 N–H and O–H groups in total. The molecule has 2 heterocycles. The van der Waals surface area contributed by atoms with Gasteiger partial charge in [0.25, 0.3) is 0 Å². The molecular formula is C22H37IN4O. The van der Waals surface area contributed by atoms with E-state index in [4.69, 9.17) is 9.73 Å². The van der Waals surface area contributed by atoms with Gasteiger partial charge in [0.05, 0.1) is 12.6 Å². The largest absolute Gasteiger partial charge is 0.378 e. The van der Waals surface area contributed by atoms with Gasteiger partial charge in [-0.25, -0.2) is 4.99 Å². The number of hydrogen-bond donors (Lipinski definition) is 2. The van der Waals surface area contributed by atoms with Crippen molar-refractivity contribution in [3.05, 3.63) is 35.4 Å². The van der Waals surface area contributed by atoms with E-state index in [-0.39, 0.29) is 24.0 Å². The summed E-state index contributed by atoms with van der Waals surface area (Å²) in [7, 11) is 0. The van der Waals surface area contributed by atoms with E-state index in [0.29, 0.717) is 12.6 Å². The van der Waals surface area contributed by atoms with Crippen LogP contribution in [0, 0.1) is 0 Å². The standard InChI is InChI=1S/C22H36N4O.HI/c1-2-23-22(24-13-12-21-7-6-16-27-21)25-17-19-8-10-20(11-9-19)18-26-14-4-3-5-15-26;/h8-11,21H,2-7,12-18H2,1H3,(H2,23,24,25);1H. The Morgan fingerprint density at radius 3 is 2.50 bits per heavy atom. The highest BCUT2D eigenvalue weighted by molar-refractivity contribution is 14.0. The Morgan fingerprint density at radius 2 is 1.82 bits per heavy atom. The number of hydrogen-bond acceptors (Lipinski definition) is 3. The number of rotatable bonds is 8. The highest BCUT2D eigenvalue weighted by atomic mass is 127. The molecule has 158 valence electrons. The maximum atomic E-state index is 5.69. The molecule has 1 atom stereocenters. The summed E-state index contributed by atoms with van der Waals surface area (Å²) < 4.78 is 5.69. The van der Waals surface area contributed by atoms with Gasteiger partial charge in [0.1, 0.15) is 0 Å². The quantitative estimate of drug-likeness (QED) is 0.323. The average Bonchev–Trinajstić information content (AvgIpc) is 3.21. The van der Waals surface area contributed by atoms with Crippen LogP contribution in [-0.4, -0.2) is 49.7 Å². The molecule has 28 heavy (non-hydrogen) atoms. The molecule has 2 saturated heterocycles. The highest BCUT2D eigenvalue weighted by Crippen LogP contribution is 2.15. The van der Waals surface area contributed by atoms with Crippen LogP contribution in [0.15, 0.2) is 29.3 Å². The summed E-state index contributed by atoms with van der Waals surface area (Å²) in [5, 5.41) is 6.77. The first-order chi connectivity index (χ1) is 13.3. The van der Waals surface area contributed by atoms with Crippen LogP contribution in [0.4, 0.5) is 0 Å². The topological polar surface area (TPSA) is 48.9 Å². The molecule has 1 aromatic carbocycles. The summed E-state index contributed by atoms with van der Waals surface area (Å²) in [5.74, 6) is 0.896. The van der Waals surface area contributed by atoms with Gasteiger partial charge in [0, 0.05) is 26.2 Å². The first kappa shape index (κ1) is 23.4. The second-order valence-corrected chi connectivity index (χ2v) is 7.70. The molecule has 1 aromatic rings. The maximum Gasteiger partial charge on any atom is 0.191 e. The SMILES string of the molecule is CCNC(=NCc1ccc(CN2CCCCC2)cc1)NCCC1CCCO1.I. The lowest BCUT2D eigenvalue weighted by molar-refractivity contribution is 0.105. The second kappa shape index (κ2) is 13.4. The van der Waals surface area contributed by atoms with Gasteiger partial charge in [-0.05, 0) is 63.2 Å². The molecule has 2 fully saturated rings. The van der Waals surface area contributed by atoms with Gasteiger partial charge >= 0.3 is 0 Å². The van der Waals surface area contributed by atoms with Crippen molar-refractivity contribution in [2.45, 2.75) is 64.6 Å². The van der Waals surface area contributed by atoms with Crippen molar-refractivity contribution in [3.8, 4) is 0 Å². The smallest absolute Gasteiger partial charge is 0.191 e. The number of likely N-dealkylation sites (tertiary alicyclic amines) is 1. The van der Waals surface area contributed by atoms with Crippen molar-refractivity contribution in [2.75, 3.05) is 32.8 Å². The number of benzene rings is 1. The highest BCUT2D eigenvalue weighted by Gasteiger charge is 2.14. The van der Waals surface area contributed by atoms with E-state index in [1.165, 1.54) is 56.3 Å². The first-order valence-corrected chi connectivity index (χ1v) is 10.8. The Bertz CT molecular complexity index is 566. The Hall–Kier alpha value is -0.860. The normalized spacial score (nSPS) is 20.6. The maximum absolute atomic E-state index is 5.69. The number of ether oxygens (including phenoxy) is 1. The zero-order valence-electron chi connectivity index (χ0n) is 17.3. The zero-order chi connectivity index (χ0) is 18.7. The van der Waals surface area contributed by atoms with E-state index in [2.05, 4.69) is 46.7 Å². The van der Waals surface area contributed by atoms with Gasteiger partial charge in [0.2, 0.25) is 0 Å². The van der Waals surface area contributed by atoms with Crippen molar-refractivity contribution in [1.29, 1.82) is 0 Å². The van der Waals surface area contributed by atoms with E-state index in [9.17, 15) is 0 Å². The lowest BCUT2D eigenvalue weighted by Gasteiger charge is -2.26. The van der Waals surface area contributed by atoms with Crippen LogP contribution in [-0.2, 0) is 17.8 Å². The molecule has 0 aliphatic carbocycles. The molecule has 0 aromatic heterocycles. The van der Waals surface area contributed by atoms with Gasteiger partial charge in [-0.2, -0.15) is 0 Å². The number of piperidine rings is 1. The summed E-state index contributed by atoms with van der Waals surface area (Å²) in [4.78, 5) is 7.30. The summed E-state index contributed by atoms with van der Waals surface area (Å²) >= 11 is 0. The van der Waals surface area contributed by atoms with Crippen molar-refractivity contribution < 1.29 is 4.74 Å². The average molecular weight is 500 g/mol. The molecule has 5 nitrogen and oxygen atoms in total. The number of guanidine groups is 1. The van der Waals surface area contributed by atoms with Crippen LogP contribution in [0.5, 0.6) is 0 Å². The third-order valence-corrected chi connectivity index (χ3v) is 5.42. The molecule has 0 spiro atoms. The predicted octanol–water partition coefficient (Wildman–Crippen LogP) is 3.91. The van der Waals surface area contributed by atoms with Crippen LogP contribution in [0.25, 0.3) is 0 Å². The van der Waals surface area contributed by atoms with Crippen LogP contribution >= 0.6 is 24.0 Å². The fourth-order valence-electron chi connectivity index (χ4n) is 3.86. The van der Waals surface area contributed by atoms with E-state index in [1.54, 1.807) is 0 Å². The Balaban J connectivity index is 0.00000280. The fraction of sp³-hybridized carbons (Fsp3) is 0.682. The Labute approximate surface area is 187 Å². The number of halogens is 1. The van der Waals surface area contributed by atoms with E-state index >= 15 is 0 Å². The molecule has 2 aliphatic rings. The summed E-state index contributed by atoms with van der Waals surface area (Å²) in [6.07, 6.45) is 7.96. The van der Waals surface area contributed by atoms with Crippen LogP contribution in [0.2, 0.25) is 0 Å². The van der Waals surface area contributed by atoms with Crippen LogP contribution in [0.3, 0.4) is 0 Å². The van der Waals surface area contributed by atoms with Crippen molar-refractivity contribution >= 4 is 29.9 Å². The van der Waals surface area contributed by atoms with Gasteiger partial charge < -0.3 is 15.4 Å². The number of aliphatic imine (C=N–C) groups is 1. The van der Waals surface area contributed by atoms with Crippen molar-refractivity contribution in [2.24, 2.45) is 4.99 Å². The van der Waals surface area contributed by atoms with Gasteiger partial charge in [-0.1, -0.05) is 30.7 Å².